The van der Waals surface area contributed by atoms with Gasteiger partial charge >= 0.3 is 0 Å². The normalized spacial score (nSPS) is 11.8. The number of hydrogen-bond donors (Lipinski definition) is 3. The highest BCUT2D eigenvalue weighted by Crippen LogP contribution is 2.15. The van der Waals surface area contributed by atoms with Crippen molar-refractivity contribution in [2.24, 2.45) is 10.1 Å². The number of aliphatic imine (C=N–C) groups is 1. The van der Waals surface area contributed by atoms with E-state index < -0.39 is 10.0 Å². The number of nitrogens with two attached hydrogens (primary N) is 1. The van der Waals surface area contributed by atoms with E-state index >= 15 is 0 Å². The first-order chi connectivity index (χ1) is 12.9. The van der Waals surface area contributed by atoms with Gasteiger partial charge in [-0.15, -0.1) is 24.0 Å². The van der Waals surface area contributed by atoms with Crippen LogP contribution in [0.1, 0.15) is 36.4 Å². The molecule has 0 saturated heterocycles. The smallest absolute Gasteiger partial charge is 0.238 e. The Balaban J connectivity index is 0.00000392. The molecule has 0 aliphatic heterocycles. The van der Waals surface area contributed by atoms with Crippen molar-refractivity contribution >= 4 is 40.0 Å². The summed E-state index contributed by atoms with van der Waals surface area (Å²) >= 11 is 0. The van der Waals surface area contributed by atoms with Gasteiger partial charge in [-0.1, -0.05) is 31.1 Å². The zero-order valence-electron chi connectivity index (χ0n) is 16.4. The van der Waals surface area contributed by atoms with E-state index in [9.17, 15) is 8.42 Å². The second kappa shape index (κ2) is 11.4. The lowest BCUT2D eigenvalue weighted by molar-refractivity contribution is 0.380. The second-order valence-electron chi connectivity index (χ2n) is 6.03. The van der Waals surface area contributed by atoms with Crippen LogP contribution in [-0.4, -0.2) is 33.1 Å². The molecule has 0 unspecified atom stereocenters. The van der Waals surface area contributed by atoms with Gasteiger partial charge in [-0.25, -0.2) is 13.6 Å². The summed E-state index contributed by atoms with van der Waals surface area (Å²) in [5.74, 6) is 1.58. The SMILES string of the molecule is CCc1noc(CC)c1CNC(=NC)NCCc1ccc(S(N)(=O)=O)cc1.I. The van der Waals surface area contributed by atoms with Crippen molar-refractivity contribution < 1.29 is 12.9 Å². The summed E-state index contributed by atoms with van der Waals surface area (Å²) in [5.41, 5.74) is 3.05. The fourth-order valence-electron chi connectivity index (χ4n) is 2.70. The summed E-state index contributed by atoms with van der Waals surface area (Å²) in [7, 11) is -1.94. The van der Waals surface area contributed by atoms with E-state index in [0.29, 0.717) is 19.0 Å². The molecule has 0 atom stereocenters. The molecule has 28 heavy (non-hydrogen) atoms. The van der Waals surface area contributed by atoms with Crippen LogP contribution in [0.15, 0.2) is 38.7 Å². The Hall–Kier alpha value is -1.66. The number of nitrogens with one attached hydrogen (secondary N) is 2. The lowest BCUT2D eigenvalue weighted by atomic mass is 10.1. The summed E-state index contributed by atoms with van der Waals surface area (Å²) in [4.78, 5) is 4.34. The largest absolute Gasteiger partial charge is 0.361 e. The van der Waals surface area contributed by atoms with Crippen LogP contribution in [-0.2, 0) is 35.8 Å². The van der Waals surface area contributed by atoms with Gasteiger partial charge in [0.25, 0.3) is 0 Å². The summed E-state index contributed by atoms with van der Waals surface area (Å²) in [5, 5.41) is 15.7. The van der Waals surface area contributed by atoms with Gasteiger partial charge in [-0.3, -0.25) is 4.99 Å². The van der Waals surface area contributed by atoms with Crippen molar-refractivity contribution in [1.29, 1.82) is 0 Å². The minimum absolute atomic E-state index is 0. The van der Waals surface area contributed by atoms with Crippen molar-refractivity contribution in [3.05, 3.63) is 46.8 Å². The van der Waals surface area contributed by atoms with E-state index in [1.165, 1.54) is 12.1 Å². The van der Waals surface area contributed by atoms with E-state index in [1.807, 2.05) is 6.92 Å². The van der Waals surface area contributed by atoms with Gasteiger partial charge in [0.1, 0.15) is 5.76 Å². The number of sulfonamides is 1. The molecule has 2 rings (SSSR count). The van der Waals surface area contributed by atoms with E-state index in [-0.39, 0.29) is 28.9 Å². The lowest BCUT2D eigenvalue weighted by Gasteiger charge is -2.12. The fraction of sp³-hybridized carbons (Fsp3) is 0.444. The Bertz CT molecular complexity index is 858. The van der Waals surface area contributed by atoms with E-state index in [4.69, 9.17) is 9.66 Å². The number of aromatic nitrogens is 1. The van der Waals surface area contributed by atoms with Gasteiger partial charge in [-0.2, -0.15) is 0 Å². The van der Waals surface area contributed by atoms with Crippen LogP contribution < -0.4 is 15.8 Å². The number of benzene rings is 1. The van der Waals surface area contributed by atoms with Crippen molar-refractivity contribution in [3.8, 4) is 0 Å². The Morgan fingerprint density at radius 1 is 1.18 bits per heavy atom. The fourth-order valence-corrected chi connectivity index (χ4v) is 3.22. The maximum Gasteiger partial charge on any atom is 0.238 e. The van der Waals surface area contributed by atoms with Crippen LogP contribution in [0.4, 0.5) is 0 Å². The van der Waals surface area contributed by atoms with Crippen LogP contribution in [0.3, 0.4) is 0 Å². The zero-order chi connectivity index (χ0) is 19.9. The lowest BCUT2D eigenvalue weighted by Crippen LogP contribution is -2.38. The molecular weight excluding hydrogens is 493 g/mol. The zero-order valence-corrected chi connectivity index (χ0v) is 19.5. The molecule has 0 radical (unpaired) electrons. The quantitative estimate of drug-likeness (QED) is 0.278. The number of nitrogens with zero attached hydrogens (tertiary/aromatic N) is 2. The Kier molecular flexibility index (Phi) is 9.90. The average Bonchev–Trinajstić information content (AvgIpc) is 3.06. The molecule has 1 aromatic carbocycles. The molecule has 8 nitrogen and oxygen atoms in total. The van der Waals surface area contributed by atoms with Crippen LogP contribution >= 0.6 is 24.0 Å². The van der Waals surface area contributed by atoms with Crippen molar-refractivity contribution in [2.45, 2.75) is 44.6 Å². The monoisotopic (exact) mass is 521 g/mol. The maximum atomic E-state index is 11.3. The third-order valence-corrected chi connectivity index (χ3v) is 5.15. The van der Waals surface area contributed by atoms with Crippen molar-refractivity contribution in [2.75, 3.05) is 13.6 Å². The third-order valence-electron chi connectivity index (χ3n) is 4.22. The van der Waals surface area contributed by atoms with Gasteiger partial charge in [0.2, 0.25) is 10.0 Å². The molecule has 0 aliphatic rings. The first kappa shape index (κ1) is 24.4. The first-order valence-corrected chi connectivity index (χ1v) is 10.5. The van der Waals surface area contributed by atoms with E-state index in [0.717, 1.165) is 41.8 Å². The molecule has 4 N–H and O–H groups in total. The van der Waals surface area contributed by atoms with Gasteiger partial charge in [0.15, 0.2) is 5.96 Å². The molecule has 0 saturated carbocycles. The highest BCUT2D eigenvalue weighted by atomic mass is 127. The van der Waals surface area contributed by atoms with Gasteiger partial charge in [0.05, 0.1) is 10.6 Å². The summed E-state index contributed by atoms with van der Waals surface area (Å²) in [6.07, 6.45) is 2.34. The molecule has 10 heteroatoms. The summed E-state index contributed by atoms with van der Waals surface area (Å²) in [6, 6.07) is 6.55. The van der Waals surface area contributed by atoms with Crippen molar-refractivity contribution in [1.82, 2.24) is 15.8 Å². The molecular formula is C18H28IN5O3S. The molecule has 0 bridgehead atoms. The van der Waals surface area contributed by atoms with Gasteiger partial charge in [0, 0.05) is 32.1 Å². The maximum absolute atomic E-state index is 11.3. The molecule has 0 amide bonds. The standard InChI is InChI=1S/C18H27N5O3S.HI/c1-4-16-15(17(5-2)26-23-16)12-22-18(20-3)21-11-10-13-6-8-14(9-7-13)27(19,24)25;/h6-9H,4-5,10-12H2,1-3H3,(H2,19,24,25)(H2,20,21,22);1H. The van der Waals surface area contributed by atoms with E-state index in [2.05, 4.69) is 27.7 Å². The summed E-state index contributed by atoms with van der Waals surface area (Å²) < 4.78 is 27.9. The van der Waals surface area contributed by atoms with Crippen LogP contribution in [0.5, 0.6) is 0 Å². The van der Waals surface area contributed by atoms with Crippen LogP contribution in [0, 0.1) is 0 Å². The average molecular weight is 521 g/mol. The number of halogens is 1. The van der Waals surface area contributed by atoms with Gasteiger partial charge < -0.3 is 15.2 Å². The van der Waals surface area contributed by atoms with Crippen molar-refractivity contribution in [3.63, 3.8) is 0 Å². The number of hydrogen-bond acceptors (Lipinski definition) is 5. The molecule has 1 heterocycles. The number of guanidine groups is 1. The molecule has 156 valence electrons. The predicted molar refractivity (Wildman–Crippen MR) is 120 cm³/mol. The molecule has 1 aromatic heterocycles. The summed E-state index contributed by atoms with van der Waals surface area (Å²) in [6.45, 7) is 5.34. The highest BCUT2D eigenvalue weighted by Gasteiger charge is 2.13. The number of rotatable bonds is 8. The Morgan fingerprint density at radius 3 is 2.39 bits per heavy atom. The van der Waals surface area contributed by atoms with Crippen LogP contribution in [0.2, 0.25) is 0 Å². The first-order valence-electron chi connectivity index (χ1n) is 8.91. The highest BCUT2D eigenvalue weighted by molar-refractivity contribution is 14.0. The van der Waals surface area contributed by atoms with Crippen LogP contribution in [0.25, 0.3) is 0 Å². The predicted octanol–water partition coefficient (Wildman–Crippen LogP) is 1.97. The number of aryl methyl sites for hydroxylation is 2. The van der Waals surface area contributed by atoms with E-state index in [1.54, 1.807) is 19.2 Å². The molecule has 0 aliphatic carbocycles. The number of primary sulfonamides is 1. The topological polar surface area (TPSA) is 123 Å². The Morgan fingerprint density at radius 2 is 1.86 bits per heavy atom. The molecule has 2 aromatic rings. The molecule has 0 fully saturated rings. The minimum atomic E-state index is -3.66. The third kappa shape index (κ3) is 6.74. The van der Waals surface area contributed by atoms with Gasteiger partial charge in [-0.05, 0) is 30.5 Å². The minimum Gasteiger partial charge on any atom is -0.361 e. The Labute approximate surface area is 183 Å². The second-order valence-corrected chi connectivity index (χ2v) is 7.59. The molecule has 0 spiro atoms.